The zero-order chi connectivity index (χ0) is 17.6. The quantitative estimate of drug-likeness (QED) is 0.888. The lowest BCUT2D eigenvalue weighted by atomic mass is 9.98. The number of likely N-dealkylation sites (tertiary alicyclic amines) is 1. The lowest BCUT2D eigenvalue weighted by Gasteiger charge is -2.34. The Bertz CT molecular complexity index is 541. The molecule has 0 unspecified atom stereocenters. The number of ether oxygens (including phenoxy) is 2. The molecule has 2 atom stereocenters. The van der Waals surface area contributed by atoms with Gasteiger partial charge in [0.05, 0.1) is 12.7 Å². The fraction of sp³-hybridized carbons (Fsp3) is 0.650. The molecular weight excluding hydrogens is 316 g/mol. The minimum atomic E-state index is -0.168. The molecule has 0 bridgehead atoms. The van der Waals surface area contributed by atoms with Crippen molar-refractivity contribution in [2.75, 3.05) is 26.3 Å². The molecule has 0 aromatic heterocycles. The van der Waals surface area contributed by atoms with Gasteiger partial charge in [-0.05, 0) is 30.7 Å². The maximum absolute atomic E-state index is 12.1. The summed E-state index contributed by atoms with van der Waals surface area (Å²) < 4.78 is 11.3. The van der Waals surface area contributed by atoms with Crippen LogP contribution in [-0.2, 0) is 9.47 Å². The van der Waals surface area contributed by atoms with Gasteiger partial charge in [-0.25, -0.2) is 4.79 Å². The van der Waals surface area contributed by atoms with E-state index in [4.69, 9.17) is 9.47 Å². The Morgan fingerprint density at radius 3 is 2.64 bits per heavy atom. The van der Waals surface area contributed by atoms with Gasteiger partial charge in [0.15, 0.2) is 0 Å². The number of piperidine rings is 1. The van der Waals surface area contributed by atoms with Gasteiger partial charge in [0, 0.05) is 31.8 Å². The summed E-state index contributed by atoms with van der Waals surface area (Å²) in [7, 11) is 0. The number of nitrogens with one attached hydrogen (secondary N) is 1. The average Bonchev–Trinajstić information content (AvgIpc) is 3.09. The van der Waals surface area contributed by atoms with Crippen LogP contribution in [0.1, 0.15) is 44.8 Å². The van der Waals surface area contributed by atoms with Crippen molar-refractivity contribution in [3.8, 4) is 0 Å². The number of carbonyl (C=O) groups is 1. The van der Waals surface area contributed by atoms with Crippen LogP contribution < -0.4 is 5.32 Å². The molecule has 138 valence electrons. The van der Waals surface area contributed by atoms with E-state index >= 15 is 0 Å². The molecule has 1 aromatic rings. The van der Waals surface area contributed by atoms with E-state index in [2.05, 4.69) is 43.4 Å². The van der Waals surface area contributed by atoms with E-state index in [0.717, 1.165) is 39.0 Å². The molecule has 5 nitrogen and oxygen atoms in total. The molecule has 0 saturated carbocycles. The Kier molecular flexibility index (Phi) is 6.32. The number of hydrogen-bond acceptors (Lipinski definition) is 4. The molecule has 5 heteroatoms. The highest BCUT2D eigenvalue weighted by Crippen LogP contribution is 2.30. The van der Waals surface area contributed by atoms with Gasteiger partial charge in [0.1, 0.15) is 0 Å². The zero-order valence-electron chi connectivity index (χ0n) is 15.3. The summed E-state index contributed by atoms with van der Waals surface area (Å²) in [5, 5.41) is 3.77. The van der Waals surface area contributed by atoms with Crippen LogP contribution in [0.5, 0.6) is 0 Å². The third-order valence-corrected chi connectivity index (χ3v) is 4.96. The van der Waals surface area contributed by atoms with E-state index in [1.807, 2.05) is 11.0 Å². The van der Waals surface area contributed by atoms with Gasteiger partial charge >= 0.3 is 6.09 Å². The van der Waals surface area contributed by atoms with Crippen LogP contribution in [0.3, 0.4) is 0 Å². The lowest BCUT2D eigenvalue weighted by molar-refractivity contribution is 0.0756. The number of benzene rings is 1. The molecule has 25 heavy (non-hydrogen) atoms. The Hall–Kier alpha value is -1.59. The normalized spacial score (nSPS) is 24.7. The lowest BCUT2D eigenvalue weighted by Crippen LogP contribution is -2.48. The molecule has 2 saturated heterocycles. The van der Waals surface area contributed by atoms with E-state index in [1.54, 1.807) is 0 Å². The van der Waals surface area contributed by atoms with Crippen molar-refractivity contribution in [2.45, 2.75) is 51.3 Å². The second-order valence-corrected chi connectivity index (χ2v) is 7.50. The summed E-state index contributed by atoms with van der Waals surface area (Å²) in [5.41, 5.74) is 1.24. The first-order valence-corrected chi connectivity index (χ1v) is 9.48. The summed E-state index contributed by atoms with van der Waals surface area (Å²) in [5.74, 6) is 0.375. The fourth-order valence-corrected chi connectivity index (χ4v) is 3.59. The largest absolute Gasteiger partial charge is 0.449 e. The standard InChI is InChI=1S/C20H30N2O3/c1-15(2)14-25-20(23)22-11-8-17(9-12-22)21-18-10-13-24-19(18)16-6-4-3-5-7-16/h3-7,15,17-19,21H,8-14H2,1-2H3/t18-,19-/m1/s1. The second kappa shape index (κ2) is 8.68. The average molecular weight is 346 g/mol. The van der Waals surface area contributed by atoms with Gasteiger partial charge in [-0.1, -0.05) is 44.2 Å². The minimum Gasteiger partial charge on any atom is -0.449 e. The van der Waals surface area contributed by atoms with Crippen molar-refractivity contribution < 1.29 is 14.3 Å². The summed E-state index contributed by atoms with van der Waals surface area (Å²) >= 11 is 0. The Morgan fingerprint density at radius 1 is 1.24 bits per heavy atom. The molecular formula is C20H30N2O3. The van der Waals surface area contributed by atoms with Crippen LogP contribution in [0.4, 0.5) is 4.79 Å². The molecule has 2 heterocycles. The van der Waals surface area contributed by atoms with Crippen LogP contribution in [0.15, 0.2) is 30.3 Å². The molecule has 2 fully saturated rings. The van der Waals surface area contributed by atoms with Crippen LogP contribution >= 0.6 is 0 Å². The van der Waals surface area contributed by atoms with E-state index in [-0.39, 0.29) is 12.2 Å². The number of hydrogen-bond donors (Lipinski definition) is 1. The van der Waals surface area contributed by atoms with E-state index in [9.17, 15) is 4.79 Å². The molecule has 1 N–H and O–H groups in total. The van der Waals surface area contributed by atoms with Crippen molar-refractivity contribution in [3.63, 3.8) is 0 Å². The van der Waals surface area contributed by atoms with Gasteiger partial charge in [-0.15, -0.1) is 0 Å². The van der Waals surface area contributed by atoms with Gasteiger partial charge in [0.25, 0.3) is 0 Å². The highest BCUT2D eigenvalue weighted by atomic mass is 16.6. The smallest absolute Gasteiger partial charge is 0.409 e. The maximum atomic E-state index is 12.1. The Morgan fingerprint density at radius 2 is 1.96 bits per heavy atom. The van der Waals surface area contributed by atoms with Crippen molar-refractivity contribution in [2.24, 2.45) is 5.92 Å². The third kappa shape index (κ3) is 4.95. The second-order valence-electron chi connectivity index (χ2n) is 7.50. The van der Waals surface area contributed by atoms with E-state index < -0.39 is 0 Å². The Balaban J connectivity index is 1.46. The van der Waals surface area contributed by atoms with Crippen molar-refractivity contribution in [3.05, 3.63) is 35.9 Å². The first-order chi connectivity index (χ1) is 12.1. The molecule has 0 aliphatic carbocycles. The number of nitrogens with zero attached hydrogens (tertiary/aromatic N) is 1. The predicted octanol–water partition coefficient (Wildman–Crippen LogP) is 3.36. The molecule has 2 aliphatic heterocycles. The van der Waals surface area contributed by atoms with Crippen molar-refractivity contribution in [1.82, 2.24) is 10.2 Å². The zero-order valence-corrected chi connectivity index (χ0v) is 15.3. The summed E-state index contributed by atoms with van der Waals surface area (Å²) in [6.45, 7) is 6.93. The number of rotatable bonds is 5. The topological polar surface area (TPSA) is 50.8 Å². The molecule has 0 radical (unpaired) electrons. The highest BCUT2D eigenvalue weighted by molar-refractivity contribution is 5.67. The summed E-state index contributed by atoms with van der Waals surface area (Å²) in [6, 6.07) is 11.2. The third-order valence-electron chi connectivity index (χ3n) is 4.96. The monoisotopic (exact) mass is 346 g/mol. The van der Waals surface area contributed by atoms with E-state index in [0.29, 0.717) is 24.6 Å². The number of carbonyl (C=O) groups excluding carboxylic acids is 1. The fourth-order valence-electron chi connectivity index (χ4n) is 3.59. The summed E-state index contributed by atoms with van der Waals surface area (Å²) in [6.07, 6.45) is 2.94. The van der Waals surface area contributed by atoms with Crippen LogP contribution in [0.2, 0.25) is 0 Å². The van der Waals surface area contributed by atoms with Gasteiger partial charge in [0.2, 0.25) is 0 Å². The highest BCUT2D eigenvalue weighted by Gasteiger charge is 2.32. The van der Waals surface area contributed by atoms with Crippen LogP contribution in [0, 0.1) is 5.92 Å². The molecule has 3 rings (SSSR count). The van der Waals surface area contributed by atoms with Crippen LogP contribution in [0.25, 0.3) is 0 Å². The van der Waals surface area contributed by atoms with Gasteiger partial charge in [-0.3, -0.25) is 0 Å². The SMILES string of the molecule is CC(C)COC(=O)N1CCC(N[C@@H]2CCO[C@@H]2c2ccccc2)CC1. The Labute approximate surface area is 150 Å². The van der Waals surface area contributed by atoms with Crippen molar-refractivity contribution >= 4 is 6.09 Å². The first kappa shape index (κ1) is 18.2. The van der Waals surface area contributed by atoms with Gasteiger partial charge < -0.3 is 19.7 Å². The number of amides is 1. The molecule has 0 spiro atoms. The molecule has 1 aromatic carbocycles. The molecule has 1 amide bonds. The maximum Gasteiger partial charge on any atom is 0.409 e. The first-order valence-electron chi connectivity index (χ1n) is 9.48. The van der Waals surface area contributed by atoms with Gasteiger partial charge in [-0.2, -0.15) is 0 Å². The van der Waals surface area contributed by atoms with Crippen LogP contribution in [-0.4, -0.2) is 49.4 Å². The predicted molar refractivity (Wildman–Crippen MR) is 97.5 cm³/mol. The van der Waals surface area contributed by atoms with Crippen molar-refractivity contribution in [1.29, 1.82) is 0 Å². The van der Waals surface area contributed by atoms with E-state index in [1.165, 1.54) is 5.56 Å². The molecule has 2 aliphatic rings. The minimum absolute atomic E-state index is 0.134. The summed E-state index contributed by atoms with van der Waals surface area (Å²) in [4.78, 5) is 13.9.